The van der Waals surface area contributed by atoms with Gasteiger partial charge in [-0.1, -0.05) is 13.0 Å². The van der Waals surface area contributed by atoms with Gasteiger partial charge in [0, 0.05) is 11.6 Å². The average molecular weight is 250 g/mol. The summed E-state index contributed by atoms with van der Waals surface area (Å²) in [7, 11) is 0. The fraction of sp³-hybridized carbons (Fsp3) is 0.500. The minimum Gasteiger partial charge on any atom is -0.393 e. The Morgan fingerprint density at radius 1 is 1.50 bits per heavy atom. The SMILES string of the molecule is CCC(O)CCNC(C)c1ccc(C#N)cc1F. The fourth-order valence-electron chi connectivity index (χ4n) is 1.73. The molecule has 3 nitrogen and oxygen atoms in total. The molecule has 0 saturated heterocycles. The Morgan fingerprint density at radius 3 is 2.78 bits per heavy atom. The van der Waals surface area contributed by atoms with Crippen molar-refractivity contribution in [1.82, 2.24) is 5.32 Å². The van der Waals surface area contributed by atoms with E-state index in [4.69, 9.17) is 5.26 Å². The molecule has 0 saturated carbocycles. The summed E-state index contributed by atoms with van der Waals surface area (Å²) in [4.78, 5) is 0. The van der Waals surface area contributed by atoms with Crippen molar-refractivity contribution < 1.29 is 9.50 Å². The van der Waals surface area contributed by atoms with Gasteiger partial charge in [-0.05, 0) is 38.4 Å². The number of halogens is 1. The van der Waals surface area contributed by atoms with Crippen molar-refractivity contribution in [3.05, 3.63) is 35.1 Å². The standard InChI is InChI=1S/C14H19FN2O/c1-3-12(18)6-7-17-10(2)13-5-4-11(9-16)8-14(13)15/h4-5,8,10,12,17-18H,3,6-7H2,1-2H3. The molecular weight excluding hydrogens is 231 g/mol. The van der Waals surface area contributed by atoms with Crippen LogP contribution in [-0.2, 0) is 0 Å². The average Bonchev–Trinajstić information content (AvgIpc) is 2.37. The van der Waals surface area contributed by atoms with E-state index < -0.39 is 0 Å². The van der Waals surface area contributed by atoms with Crippen LogP contribution in [0.2, 0.25) is 0 Å². The Labute approximate surface area is 107 Å². The molecule has 1 aromatic carbocycles. The van der Waals surface area contributed by atoms with E-state index in [-0.39, 0.29) is 18.0 Å². The molecule has 0 aliphatic carbocycles. The van der Waals surface area contributed by atoms with E-state index in [0.29, 0.717) is 24.1 Å². The molecule has 2 unspecified atom stereocenters. The van der Waals surface area contributed by atoms with Gasteiger partial charge in [0.05, 0.1) is 17.7 Å². The third-order valence-corrected chi connectivity index (χ3v) is 3.00. The Kier molecular flexibility index (Phi) is 5.76. The molecule has 2 atom stereocenters. The highest BCUT2D eigenvalue weighted by Crippen LogP contribution is 2.17. The largest absolute Gasteiger partial charge is 0.393 e. The van der Waals surface area contributed by atoms with Crippen LogP contribution in [0, 0.1) is 17.1 Å². The van der Waals surface area contributed by atoms with E-state index in [1.54, 1.807) is 12.1 Å². The number of benzene rings is 1. The van der Waals surface area contributed by atoms with E-state index in [2.05, 4.69) is 5.32 Å². The highest BCUT2D eigenvalue weighted by molar-refractivity contribution is 5.34. The van der Waals surface area contributed by atoms with Gasteiger partial charge in [-0.3, -0.25) is 0 Å². The highest BCUT2D eigenvalue weighted by Gasteiger charge is 2.11. The van der Waals surface area contributed by atoms with E-state index in [0.717, 1.165) is 6.42 Å². The van der Waals surface area contributed by atoms with Crippen molar-refractivity contribution in [3.8, 4) is 6.07 Å². The van der Waals surface area contributed by atoms with Gasteiger partial charge in [-0.2, -0.15) is 5.26 Å². The van der Waals surface area contributed by atoms with Crippen molar-refractivity contribution in [1.29, 1.82) is 5.26 Å². The summed E-state index contributed by atoms with van der Waals surface area (Å²) >= 11 is 0. The molecule has 98 valence electrons. The van der Waals surface area contributed by atoms with Crippen LogP contribution in [0.5, 0.6) is 0 Å². The summed E-state index contributed by atoms with van der Waals surface area (Å²) in [5, 5.41) is 21.2. The lowest BCUT2D eigenvalue weighted by molar-refractivity contribution is 0.158. The maximum Gasteiger partial charge on any atom is 0.129 e. The molecule has 4 heteroatoms. The summed E-state index contributed by atoms with van der Waals surface area (Å²) in [6.45, 7) is 4.42. The summed E-state index contributed by atoms with van der Waals surface area (Å²) in [6, 6.07) is 6.25. The van der Waals surface area contributed by atoms with Crippen molar-refractivity contribution in [3.63, 3.8) is 0 Å². The topological polar surface area (TPSA) is 56.0 Å². The Bertz CT molecular complexity index is 428. The quantitative estimate of drug-likeness (QED) is 0.815. The smallest absolute Gasteiger partial charge is 0.129 e. The Balaban J connectivity index is 2.57. The number of nitrogens with zero attached hydrogens (tertiary/aromatic N) is 1. The molecule has 0 fully saturated rings. The normalized spacial score (nSPS) is 13.9. The van der Waals surface area contributed by atoms with Crippen molar-refractivity contribution in [2.45, 2.75) is 38.8 Å². The number of aliphatic hydroxyl groups is 1. The van der Waals surface area contributed by atoms with E-state index in [1.807, 2.05) is 19.9 Å². The number of nitrogens with one attached hydrogen (secondary N) is 1. The molecule has 0 amide bonds. The third-order valence-electron chi connectivity index (χ3n) is 3.00. The second-order valence-corrected chi connectivity index (χ2v) is 4.37. The van der Waals surface area contributed by atoms with Crippen LogP contribution in [0.15, 0.2) is 18.2 Å². The van der Waals surface area contributed by atoms with Crippen molar-refractivity contribution in [2.24, 2.45) is 0 Å². The number of rotatable bonds is 6. The van der Waals surface area contributed by atoms with Gasteiger partial charge in [0.2, 0.25) is 0 Å². The predicted octanol–water partition coefficient (Wildman–Crippen LogP) is 2.51. The van der Waals surface area contributed by atoms with Crippen LogP contribution in [0.3, 0.4) is 0 Å². The number of hydrogen-bond donors (Lipinski definition) is 2. The van der Waals surface area contributed by atoms with Crippen molar-refractivity contribution in [2.75, 3.05) is 6.54 Å². The molecule has 0 aliphatic heterocycles. The van der Waals surface area contributed by atoms with Crippen LogP contribution in [0.1, 0.15) is 43.9 Å². The minimum absolute atomic E-state index is 0.137. The lowest BCUT2D eigenvalue weighted by atomic mass is 10.1. The summed E-state index contributed by atoms with van der Waals surface area (Å²) in [5.74, 6) is -0.370. The van der Waals surface area contributed by atoms with Gasteiger partial charge in [0.1, 0.15) is 5.82 Å². The monoisotopic (exact) mass is 250 g/mol. The van der Waals surface area contributed by atoms with Crippen LogP contribution in [-0.4, -0.2) is 17.8 Å². The summed E-state index contributed by atoms with van der Waals surface area (Å²) < 4.78 is 13.7. The molecule has 0 radical (unpaired) electrons. The van der Waals surface area contributed by atoms with E-state index in [9.17, 15) is 9.50 Å². The Hall–Kier alpha value is -1.44. The molecule has 0 heterocycles. The van der Waals surface area contributed by atoms with Gasteiger partial charge in [0.25, 0.3) is 0 Å². The molecular formula is C14H19FN2O. The molecule has 1 rings (SSSR count). The first-order chi connectivity index (χ1) is 8.58. The zero-order valence-electron chi connectivity index (χ0n) is 10.8. The minimum atomic E-state index is -0.370. The summed E-state index contributed by atoms with van der Waals surface area (Å²) in [6.07, 6.45) is 1.07. The number of hydrogen-bond acceptors (Lipinski definition) is 3. The molecule has 0 spiro atoms. The predicted molar refractivity (Wildman–Crippen MR) is 68.4 cm³/mol. The van der Waals surface area contributed by atoms with E-state index >= 15 is 0 Å². The van der Waals surface area contributed by atoms with Crippen LogP contribution in [0.25, 0.3) is 0 Å². The van der Waals surface area contributed by atoms with Gasteiger partial charge in [-0.25, -0.2) is 4.39 Å². The second-order valence-electron chi connectivity index (χ2n) is 4.37. The zero-order valence-corrected chi connectivity index (χ0v) is 10.8. The first-order valence-corrected chi connectivity index (χ1v) is 6.19. The van der Waals surface area contributed by atoms with Crippen LogP contribution >= 0.6 is 0 Å². The third kappa shape index (κ3) is 4.10. The number of nitriles is 1. The maximum atomic E-state index is 13.7. The van der Waals surface area contributed by atoms with Crippen LogP contribution < -0.4 is 5.32 Å². The first kappa shape index (κ1) is 14.6. The molecule has 0 aliphatic rings. The number of aliphatic hydroxyl groups excluding tert-OH is 1. The molecule has 18 heavy (non-hydrogen) atoms. The molecule has 1 aromatic rings. The molecule has 2 N–H and O–H groups in total. The van der Waals surface area contributed by atoms with Gasteiger partial charge in [-0.15, -0.1) is 0 Å². The summed E-state index contributed by atoms with van der Waals surface area (Å²) in [5.41, 5.74) is 0.866. The Morgan fingerprint density at radius 2 is 2.22 bits per heavy atom. The van der Waals surface area contributed by atoms with Gasteiger partial charge in [0.15, 0.2) is 0 Å². The highest BCUT2D eigenvalue weighted by atomic mass is 19.1. The lowest BCUT2D eigenvalue weighted by Crippen LogP contribution is -2.24. The lowest BCUT2D eigenvalue weighted by Gasteiger charge is -2.16. The second kappa shape index (κ2) is 7.10. The van der Waals surface area contributed by atoms with Crippen molar-refractivity contribution >= 4 is 0 Å². The van der Waals surface area contributed by atoms with Gasteiger partial charge >= 0.3 is 0 Å². The van der Waals surface area contributed by atoms with Crippen LogP contribution in [0.4, 0.5) is 4.39 Å². The van der Waals surface area contributed by atoms with Gasteiger partial charge < -0.3 is 10.4 Å². The van der Waals surface area contributed by atoms with E-state index in [1.165, 1.54) is 6.07 Å². The maximum absolute atomic E-state index is 13.7. The fourth-order valence-corrected chi connectivity index (χ4v) is 1.73. The first-order valence-electron chi connectivity index (χ1n) is 6.19. The molecule has 0 bridgehead atoms. The zero-order chi connectivity index (χ0) is 13.5. The molecule has 0 aromatic heterocycles.